The van der Waals surface area contributed by atoms with Crippen LogP contribution in [0, 0.1) is 12.7 Å². The summed E-state index contributed by atoms with van der Waals surface area (Å²) < 4.78 is 26.9. The molecule has 5 rings (SSSR count). The Hall–Kier alpha value is -4.04. The van der Waals surface area contributed by atoms with E-state index >= 15 is 0 Å². The maximum Gasteiger partial charge on any atom is 0.275 e. The molecule has 0 aliphatic carbocycles. The number of benzene rings is 3. The van der Waals surface area contributed by atoms with Crippen molar-refractivity contribution in [2.75, 3.05) is 19.8 Å². The molecular weight excluding hydrogens is 497 g/mol. The van der Waals surface area contributed by atoms with Crippen LogP contribution in [0.25, 0.3) is 10.8 Å². The Kier molecular flexibility index (Phi) is 8.32. The predicted octanol–water partition coefficient (Wildman–Crippen LogP) is 4.67. The molecular formula is C31H32FN3O4. The van der Waals surface area contributed by atoms with Gasteiger partial charge in [-0.05, 0) is 55.2 Å². The lowest BCUT2D eigenvalue weighted by Gasteiger charge is -2.26. The number of halogens is 1. The van der Waals surface area contributed by atoms with E-state index in [4.69, 9.17) is 9.47 Å². The second-order valence-corrected chi connectivity index (χ2v) is 9.84. The summed E-state index contributed by atoms with van der Waals surface area (Å²) in [5, 5.41) is 5.75. The van der Waals surface area contributed by atoms with Gasteiger partial charge in [0.2, 0.25) is 5.91 Å². The van der Waals surface area contributed by atoms with Gasteiger partial charge in [-0.2, -0.15) is 5.10 Å². The number of hydrogen-bond donors (Lipinski definition) is 0. The topological polar surface area (TPSA) is 73.7 Å². The van der Waals surface area contributed by atoms with Crippen LogP contribution in [0.1, 0.15) is 29.7 Å². The van der Waals surface area contributed by atoms with E-state index in [2.05, 4.69) is 5.10 Å². The molecule has 8 heteroatoms. The van der Waals surface area contributed by atoms with Crippen molar-refractivity contribution in [3.63, 3.8) is 0 Å². The molecule has 0 N–H and O–H groups in total. The third kappa shape index (κ3) is 6.52. The van der Waals surface area contributed by atoms with Crippen molar-refractivity contribution in [2.24, 2.45) is 0 Å². The van der Waals surface area contributed by atoms with Gasteiger partial charge in [0.05, 0.1) is 23.8 Å². The lowest BCUT2D eigenvalue weighted by atomic mass is 10.1. The normalized spacial score (nSPS) is 15.0. The maximum atomic E-state index is 13.9. The minimum absolute atomic E-state index is 0.0443. The second-order valence-electron chi connectivity index (χ2n) is 9.84. The maximum absolute atomic E-state index is 13.9. The second kappa shape index (κ2) is 12.2. The summed E-state index contributed by atoms with van der Waals surface area (Å²) in [6.07, 6.45) is 2.25. The third-order valence-electron chi connectivity index (χ3n) is 7.01. The van der Waals surface area contributed by atoms with E-state index in [1.807, 2.05) is 55.5 Å². The number of amides is 1. The molecule has 202 valence electrons. The molecule has 3 aromatic carbocycles. The summed E-state index contributed by atoms with van der Waals surface area (Å²) in [4.78, 5) is 28.4. The molecule has 1 aromatic heterocycles. The van der Waals surface area contributed by atoms with Gasteiger partial charge in [0.25, 0.3) is 5.56 Å². The molecule has 1 amide bonds. The van der Waals surface area contributed by atoms with Crippen LogP contribution in [-0.4, -0.2) is 46.5 Å². The van der Waals surface area contributed by atoms with Crippen LogP contribution in [0.5, 0.6) is 5.75 Å². The minimum Gasteiger partial charge on any atom is -0.493 e. The number of ether oxygens (including phenoxy) is 2. The number of rotatable bonds is 10. The van der Waals surface area contributed by atoms with Gasteiger partial charge in [0, 0.05) is 31.5 Å². The molecule has 2 heterocycles. The molecule has 0 saturated carbocycles. The van der Waals surface area contributed by atoms with E-state index in [0.717, 1.165) is 23.8 Å². The van der Waals surface area contributed by atoms with Gasteiger partial charge >= 0.3 is 0 Å². The first-order valence-corrected chi connectivity index (χ1v) is 13.3. The summed E-state index contributed by atoms with van der Waals surface area (Å²) in [5.41, 5.74) is 1.91. The standard InChI is InChI=1S/C31H32FN3O4/c1-22-27-12-3-4-13-28(27)31(37)35(33-22)21-30(36)34(20-26-11-7-16-38-26)19-23-8-6-10-25(18-23)39-17-15-24-9-2-5-14-29(24)32/h2-6,8-10,12-14,18,26H,7,11,15-17,19-21H2,1H3/t26-/m1/s1. The lowest BCUT2D eigenvalue weighted by Crippen LogP contribution is -2.41. The molecule has 0 unspecified atom stereocenters. The van der Waals surface area contributed by atoms with Crippen LogP contribution in [0.4, 0.5) is 4.39 Å². The summed E-state index contributed by atoms with van der Waals surface area (Å²) in [5.74, 6) is 0.199. The molecule has 1 fully saturated rings. The number of nitrogens with zero attached hydrogens (tertiary/aromatic N) is 3. The largest absolute Gasteiger partial charge is 0.493 e. The zero-order chi connectivity index (χ0) is 27.2. The average Bonchev–Trinajstić information content (AvgIpc) is 3.46. The van der Waals surface area contributed by atoms with E-state index in [-0.39, 0.29) is 29.9 Å². The highest BCUT2D eigenvalue weighted by atomic mass is 19.1. The van der Waals surface area contributed by atoms with Crippen molar-refractivity contribution < 1.29 is 18.7 Å². The van der Waals surface area contributed by atoms with Crippen LogP contribution in [0.15, 0.2) is 77.6 Å². The SMILES string of the molecule is Cc1nn(CC(=O)N(Cc2cccc(OCCc3ccccc3F)c2)C[C@H]2CCCO2)c(=O)c2ccccc12. The number of carbonyl (C=O) groups excluding carboxylic acids is 1. The minimum atomic E-state index is -0.285. The van der Waals surface area contributed by atoms with E-state index in [0.29, 0.717) is 55.1 Å². The Morgan fingerprint density at radius 1 is 1.10 bits per heavy atom. The number of carbonyl (C=O) groups is 1. The number of hydrogen-bond acceptors (Lipinski definition) is 5. The van der Waals surface area contributed by atoms with Gasteiger partial charge in [-0.25, -0.2) is 9.07 Å². The van der Waals surface area contributed by atoms with Crippen LogP contribution < -0.4 is 10.3 Å². The van der Waals surface area contributed by atoms with E-state index in [1.165, 1.54) is 10.7 Å². The van der Waals surface area contributed by atoms with Crippen molar-refractivity contribution in [3.8, 4) is 5.75 Å². The smallest absolute Gasteiger partial charge is 0.275 e. The quantitative estimate of drug-likeness (QED) is 0.299. The van der Waals surface area contributed by atoms with E-state index in [1.54, 1.807) is 23.1 Å². The molecule has 1 saturated heterocycles. The van der Waals surface area contributed by atoms with Gasteiger partial charge in [0.15, 0.2) is 0 Å². The van der Waals surface area contributed by atoms with Crippen molar-refractivity contribution in [3.05, 3.63) is 106 Å². The van der Waals surface area contributed by atoms with Crippen molar-refractivity contribution in [1.29, 1.82) is 0 Å². The fourth-order valence-corrected chi connectivity index (χ4v) is 4.96. The summed E-state index contributed by atoms with van der Waals surface area (Å²) in [6.45, 7) is 3.46. The molecule has 4 aromatic rings. The molecule has 39 heavy (non-hydrogen) atoms. The predicted molar refractivity (Wildman–Crippen MR) is 147 cm³/mol. The van der Waals surface area contributed by atoms with E-state index < -0.39 is 0 Å². The highest BCUT2D eigenvalue weighted by Crippen LogP contribution is 2.19. The number of aryl methyl sites for hydroxylation is 1. The van der Waals surface area contributed by atoms with Crippen molar-refractivity contribution in [2.45, 2.75) is 45.4 Å². The Labute approximate surface area is 226 Å². The zero-order valence-corrected chi connectivity index (χ0v) is 22.0. The molecule has 1 atom stereocenters. The average molecular weight is 530 g/mol. The van der Waals surface area contributed by atoms with Crippen molar-refractivity contribution in [1.82, 2.24) is 14.7 Å². The molecule has 0 radical (unpaired) electrons. The Balaban J connectivity index is 1.30. The monoisotopic (exact) mass is 529 g/mol. The summed E-state index contributed by atoms with van der Waals surface area (Å²) in [7, 11) is 0. The first kappa shape index (κ1) is 26.6. The van der Waals surface area contributed by atoms with Crippen LogP contribution >= 0.6 is 0 Å². The molecule has 1 aliphatic heterocycles. The fourth-order valence-electron chi connectivity index (χ4n) is 4.96. The van der Waals surface area contributed by atoms with Gasteiger partial charge in [0.1, 0.15) is 18.1 Å². The summed E-state index contributed by atoms with van der Waals surface area (Å²) >= 11 is 0. The van der Waals surface area contributed by atoms with Gasteiger partial charge in [-0.15, -0.1) is 0 Å². The molecule has 7 nitrogen and oxygen atoms in total. The molecule has 1 aliphatic rings. The molecule has 0 spiro atoms. The van der Waals surface area contributed by atoms with E-state index in [9.17, 15) is 14.0 Å². The van der Waals surface area contributed by atoms with Gasteiger partial charge in [-0.3, -0.25) is 9.59 Å². The first-order chi connectivity index (χ1) is 19.0. The Morgan fingerprint density at radius 2 is 1.90 bits per heavy atom. The first-order valence-electron chi connectivity index (χ1n) is 13.3. The third-order valence-corrected chi connectivity index (χ3v) is 7.01. The highest BCUT2D eigenvalue weighted by Gasteiger charge is 2.24. The van der Waals surface area contributed by atoms with Gasteiger partial charge < -0.3 is 14.4 Å². The van der Waals surface area contributed by atoms with Crippen LogP contribution in [0.2, 0.25) is 0 Å². The van der Waals surface area contributed by atoms with Crippen LogP contribution in [0.3, 0.4) is 0 Å². The Morgan fingerprint density at radius 3 is 2.69 bits per heavy atom. The van der Waals surface area contributed by atoms with Crippen LogP contribution in [-0.2, 0) is 29.0 Å². The Bertz CT molecular complexity index is 1510. The fraction of sp³-hybridized carbons (Fsp3) is 0.323. The molecule has 0 bridgehead atoms. The van der Waals surface area contributed by atoms with Crippen molar-refractivity contribution >= 4 is 16.7 Å². The highest BCUT2D eigenvalue weighted by molar-refractivity contribution is 5.83. The van der Waals surface area contributed by atoms with Gasteiger partial charge in [-0.1, -0.05) is 48.5 Å². The lowest BCUT2D eigenvalue weighted by molar-refractivity contribution is -0.134. The zero-order valence-electron chi connectivity index (χ0n) is 22.0. The number of fused-ring (bicyclic) bond motifs is 1. The summed E-state index contributed by atoms with van der Waals surface area (Å²) in [6, 6.07) is 21.5. The number of aromatic nitrogens is 2.